The fourth-order valence-electron chi connectivity index (χ4n) is 1.65. The van der Waals surface area contributed by atoms with Crippen molar-refractivity contribution in [3.05, 3.63) is 17.7 Å². The Bertz CT molecular complexity index is 384. The number of thioether (sulfide) groups is 1. The maximum Gasteiger partial charge on any atom is 0.162 e. The van der Waals surface area contributed by atoms with Crippen molar-refractivity contribution in [2.75, 3.05) is 26.0 Å². The second-order valence-corrected chi connectivity index (χ2v) is 4.34. The number of hydrogen-bond donors (Lipinski definition) is 2. The lowest BCUT2D eigenvalue weighted by Gasteiger charge is -2.22. The van der Waals surface area contributed by atoms with Gasteiger partial charge in [-0.15, -0.1) is 11.8 Å². The van der Waals surface area contributed by atoms with Gasteiger partial charge in [0.05, 0.1) is 6.10 Å². The summed E-state index contributed by atoms with van der Waals surface area (Å²) < 4.78 is 11.0. The van der Waals surface area contributed by atoms with E-state index >= 15 is 0 Å². The molecule has 0 radical (unpaired) electrons. The minimum atomic E-state index is -0.654. The van der Waals surface area contributed by atoms with E-state index in [1.54, 1.807) is 11.8 Å². The van der Waals surface area contributed by atoms with Crippen LogP contribution in [0.25, 0.3) is 0 Å². The third kappa shape index (κ3) is 2.11. The first-order valence-corrected chi connectivity index (χ1v) is 6.34. The largest absolute Gasteiger partial charge is 0.486 e. The topological polar surface area (TPSA) is 64.7 Å². The van der Waals surface area contributed by atoms with Crippen LogP contribution in [0.2, 0.25) is 0 Å². The van der Waals surface area contributed by atoms with Crippen LogP contribution in [0.1, 0.15) is 11.7 Å². The highest BCUT2D eigenvalue weighted by Crippen LogP contribution is 2.38. The maximum absolute atomic E-state index is 9.81. The molecule has 0 amide bonds. The van der Waals surface area contributed by atoms with Crippen molar-refractivity contribution in [1.29, 1.82) is 0 Å². The van der Waals surface area contributed by atoms with Crippen LogP contribution in [-0.4, -0.2) is 31.1 Å². The number of fused-ring (bicyclic) bond motifs is 1. The highest BCUT2D eigenvalue weighted by molar-refractivity contribution is 7.98. The van der Waals surface area contributed by atoms with Gasteiger partial charge in [-0.05, 0) is 24.0 Å². The van der Waals surface area contributed by atoms with E-state index in [2.05, 4.69) is 0 Å². The van der Waals surface area contributed by atoms with Crippen LogP contribution >= 0.6 is 11.8 Å². The second-order valence-electron chi connectivity index (χ2n) is 3.49. The normalized spacial score (nSPS) is 15.9. The first-order valence-electron chi connectivity index (χ1n) is 5.12. The van der Waals surface area contributed by atoms with Gasteiger partial charge in [0.2, 0.25) is 0 Å². The van der Waals surface area contributed by atoms with Crippen LogP contribution in [0.5, 0.6) is 11.5 Å². The summed E-state index contributed by atoms with van der Waals surface area (Å²) in [6.45, 7) is 1.32. The lowest BCUT2D eigenvalue weighted by atomic mass is 10.1. The van der Waals surface area contributed by atoms with E-state index in [9.17, 15) is 5.11 Å². The second kappa shape index (κ2) is 4.95. The summed E-state index contributed by atoms with van der Waals surface area (Å²) in [6, 6.07) is 3.71. The maximum atomic E-state index is 9.81. The summed E-state index contributed by atoms with van der Waals surface area (Å²) >= 11 is 1.56. The monoisotopic (exact) mass is 241 g/mol. The summed E-state index contributed by atoms with van der Waals surface area (Å²) in [5, 5.41) is 9.81. The van der Waals surface area contributed by atoms with Crippen LogP contribution in [0, 0.1) is 0 Å². The zero-order chi connectivity index (χ0) is 11.5. The molecule has 5 heteroatoms. The third-order valence-corrected chi connectivity index (χ3v) is 3.27. The minimum absolute atomic E-state index is 0.202. The molecule has 1 heterocycles. The zero-order valence-corrected chi connectivity index (χ0v) is 9.92. The van der Waals surface area contributed by atoms with Crippen LogP contribution in [0.3, 0.4) is 0 Å². The number of nitrogens with two attached hydrogens (primary N) is 1. The van der Waals surface area contributed by atoms with Crippen molar-refractivity contribution in [1.82, 2.24) is 0 Å². The molecule has 0 saturated carbocycles. The molecule has 1 aliphatic heterocycles. The summed E-state index contributed by atoms with van der Waals surface area (Å²) in [7, 11) is 0. The molecule has 1 atom stereocenters. The molecule has 0 spiro atoms. The number of ether oxygens (including phenoxy) is 2. The zero-order valence-electron chi connectivity index (χ0n) is 9.10. The van der Waals surface area contributed by atoms with E-state index in [0.717, 1.165) is 16.2 Å². The number of rotatable bonds is 3. The molecular formula is C11H15NO3S. The van der Waals surface area contributed by atoms with E-state index in [1.807, 2.05) is 18.4 Å². The Morgan fingerprint density at radius 1 is 1.38 bits per heavy atom. The quantitative estimate of drug-likeness (QED) is 0.778. The molecule has 0 aromatic heterocycles. The molecule has 1 unspecified atom stereocenters. The van der Waals surface area contributed by atoms with Crippen LogP contribution in [0.15, 0.2) is 17.0 Å². The fraction of sp³-hybridized carbons (Fsp3) is 0.455. The third-order valence-electron chi connectivity index (χ3n) is 2.48. The molecule has 16 heavy (non-hydrogen) atoms. The highest BCUT2D eigenvalue weighted by Gasteiger charge is 2.18. The van der Waals surface area contributed by atoms with Gasteiger partial charge in [-0.3, -0.25) is 0 Å². The predicted octanol–water partition coefficient (Wildman–Crippen LogP) is 1.17. The molecule has 0 fully saturated rings. The Kier molecular flexibility index (Phi) is 3.58. The van der Waals surface area contributed by atoms with Crippen LogP contribution in [-0.2, 0) is 0 Å². The van der Waals surface area contributed by atoms with Crippen molar-refractivity contribution < 1.29 is 14.6 Å². The summed E-state index contributed by atoms with van der Waals surface area (Å²) in [4.78, 5) is 0.974. The Labute approximate surface area is 98.7 Å². The average Bonchev–Trinajstić information content (AvgIpc) is 2.36. The lowest BCUT2D eigenvalue weighted by Crippen LogP contribution is -2.17. The number of aliphatic hydroxyl groups is 1. The van der Waals surface area contributed by atoms with Crippen molar-refractivity contribution in [3.63, 3.8) is 0 Å². The van der Waals surface area contributed by atoms with E-state index < -0.39 is 6.10 Å². The standard InChI is InChI=1S/C11H15NO3S/c1-16-11-5-10-9(14-2-3-15-10)4-7(11)8(13)6-12/h4-5,8,13H,2-3,6,12H2,1H3. The SMILES string of the molecule is CSc1cc2c(cc1C(O)CN)OCCO2. The summed E-state index contributed by atoms with van der Waals surface area (Å²) in [5.41, 5.74) is 6.28. The van der Waals surface area contributed by atoms with Crippen molar-refractivity contribution in [3.8, 4) is 11.5 Å². The van der Waals surface area contributed by atoms with E-state index in [0.29, 0.717) is 19.0 Å². The van der Waals surface area contributed by atoms with Crippen LogP contribution < -0.4 is 15.2 Å². The van der Waals surface area contributed by atoms with Crippen molar-refractivity contribution in [2.24, 2.45) is 5.73 Å². The molecule has 1 aromatic rings. The van der Waals surface area contributed by atoms with E-state index in [-0.39, 0.29) is 6.54 Å². The molecule has 88 valence electrons. The van der Waals surface area contributed by atoms with Gasteiger partial charge < -0.3 is 20.3 Å². The van der Waals surface area contributed by atoms with Crippen LogP contribution in [0.4, 0.5) is 0 Å². The van der Waals surface area contributed by atoms with Gasteiger partial charge >= 0.3 is 0 Å². The minimum Gasteiger partial charge on any atom is -0.486 e. The molecule has 3 N–H and O–H groups in total. The molecule has 0 aliphatic carbocycles. The molecule has 0 bridgehead atoms. The highest BCUT2D eigenvalue weighted by atomic mass is 32.2. The van der Waals surface area contributed by atoms with Gasteiger partial charge in [0.15, 0.2) is 11.5 Å². The Balaban J connectivity index is 2.43. The molecule has 1 aromatic carbocycles. The van der Waals surface area contributed by atoms with Crippen molar-refractivity contribution in [2.45, 2.75) is 11.0 Å². The van der Waals surface area contributed by atoms with Gasteiger partial charge in [-0.2, -0.15) is 0 Å². The molecule has 0 saturated heterocycles. The summed E-state index contributed by atoms with van der Waals surface area (Å²) in [5.74, 6) is 1.43. The predicted molar refractivity (Wildman–Crippen MR) is 63.2 cm³/mol. The smallest absolute Gasteiger partial charge is 0.162 e. The van der Waals surface area contributed by atoms with E-state index in [1.165, 1.54) is 0 Å². The van der Waals surface area contributed by atoms with E-state index in [4.69, 9.17) is 15.2 Å². The number of hydrogen-bond acceptors (Lipinski definition) is 5. The molecule has 1 aliphatic rings. The molecular weight excluding hydrogens is 226 g/mol. The first-order chi connectivity index (χ1) is 7.76. The van der Waals surface area contributed by atoms with Gasteiger partial charge in [0, 0.05) is 11.4 Å². The Morgan fingerprint density at radius 3 is 2.56 bits per heavy atom. The Hall–Kier alpha value is -0.910. The Morgan fingerprint density at radius 2 is 2.00 bits per heavy atom. The number of benzene rings is 1. The first kappa shape index (κ1) is 11.6. The van der Waals surface area contributed by atoms with Gasteiger partial charge in [0.1, 0.15) is 13.2 Å². The summed E-state index contributed by atoms with van der Waals surface area (Å²) in [6.07, 6.45) is 1.30. The van der Waals surface area contributed by atoms with Gasteiger partial charge in [0.25, 0.3) is 0 Å². The fourth-order valence-corrected chi connectivity index (χ4v) is 2.31. The molecule has 2 rings (SSSR count). The van der Waals surface area contributed by atoms with Crippen molar-refractivity contribution >= 4 is 11.8 Å². The lowest BCUT2D eigenvalue weighted by molar-refractivity contribution is 0.164. The molecule has 4 nitrogen and oxygen atoms in total. The number of aliphatic hydroxyl groups excluding tert-OH is 1. The van der Waals surface area contributed by atoms with Gasteiger partial charge in [-0.1, -0.05) is 0 Å². The van der Waals surface area contributed by atoms with Gasteiger partial charge in [-0.25, -0.2) is 0 Å². The average molecular weight is 241 g/mol.